The number of hydrogen-bond acceptors (Lipinski definition) is 11. The first kappa shape index (κ1) is 40.3. The van der Waals surface area contributed by atoms with Crippen molar-refractivity contribution in [3.63, 3.8) is 0 Å². The standard InChI is InChI=1S/C21H27FN4O2.C19H21ClFN3O2/c1-14(11-15(2)27)16-5-7-17(8-6-16)28-18-9-10-26(13-18)20-19(22)12-23-21(24-20)25(3)4;1-12(9-13(2)25)14-3-5-15(6-4-14)26-16-7-8-24(11-16)18-17(21)10-22-19(20)23-18/h5-8,12,14,18H,9-11,13H2,1-4H3;3-6,10,12,16H,7-9,11H2,1-2H3/t14-,18-;12-,16-/m11/s1. The highest BCUT2D eigenvalue weighted by Crippen LogP contribution is 2.29. The Labute approximate surface area is 320 Å². The molecule has 2 aliphatic rings. The Morgan fingerprint density at radius 1 is 0.759 bits per heavy atom. The van der Waals surface area contributed by atoms with Crippen molar-refractivity contribution in [1.82, 2.24) is 19.9 Å². The summed E-state index contributed by atoms with van der Waals surface area (Å²) in [5.41, 5.74) is 2.23. The normalized spacial score (nSPS) is 17.7. The summed E-state index contributed by atoms with van der Waals surface area (Å²) in [5, 5.41) is 0.0287. The van der Waals surface area contributed by atoms with Crippen molar-refractivity contribution in [2.24, 2.45) is 0 Å². The van der Waals surface area contributed by atoms with Gasteiger partial charge in [0.05, 0.1) is 25.5 Å². The fraction of sp³-hybridized carbons (Fsp3) is 0.450. The number of anilines is 3. The maximum Gasteiger partial charge on any atom is 0.226 e. The number of hydrogen-bond donors (Lipinski definition) is 0. The molecule has 2 aromatic carbocycles. The summed E-state index contributed by atoms with van der Waals surface area (Å²) < 4.78 is 40.2. The largest absolute Gasteiger partial charge is 0.489 e. The molecule has 0 aliphatic carbocycles. The number of ether oxygens (including phenoxy) is 2. The Balaban J connectivity index is 0.000000208. The number of Topliss-reactive ketones (excluding diaryl/α,β-unsaturated/α-hetero) is 2. The zero-order valence-corrected chi connectivity index (χ0v) is 32.4. The van der Waals surface area contributed by atoms with Crippen molar-refractivity contribution in [2.75, 3.05) is 55.0 Å². The average Bonchev–Trinajstić information content (AvgIpc) is 3.79. The van der Waals surface area contributed by atoms with Gasteiger partial charge in [0.15, 0.2) is 23.3 Å². The average molecular weight is 764 g/mol. The molecule has 288 valence electrons. The zero-order valence-electron chi connectivity index (χ0n) is 31.6. The van der Waals surface area contributed by atoms with E-state index < -0.39 is 11.6 Å². The summed E-state index contributed by atoms with van der Waals surface area (Å²) in [6, 6.07) is 15.7. The highest BCUT2D eigenvalue weighted by atomic mass is 35.5. The molecule has 6 rings (SSSR count). The molecule has 2 aromatic heterocycles. The third kappa shape index (κ3) is 11.1. The van der Waals surface area contributed by atoms with Crippen molar-refractivity contribution in [3.05, 3.63) is 89.0 Å². The van der Waals surface area contributed by atoms with Crippen LogP contribution in [0.2, 0.25) is 5.28 Å². The van der Waals surface area contributed by atoms with Crippen LogP contribution >= 0.6 is 11.6 Å². The number of rotatable bonds is 13. The Kier molecular flexibility index (Phi) is 13.7. The number of halogens is 3. The van der Waals surface area contributed by atoms with E-state index in [0.29, 0.717) is 50.8 Å². The molecular formula is C40H48ClF2N7O4. The van der Waals surface area contributed by atoms with Gasteiger partial charge in [-0.2, -0.15) is 9.97 Å². The lowest BCUT2D eigenvalue weighted by Crippen LogP contribution is -2.27. The fourth-order valence-electron chi connectivity index (χ4n) is 6.61. The first-order valence-electron chi connectivity index (χ1n) is 18.2. The molecule has 2 aliphatic heterocycles. The van der Waals surface area contributed by atoms with Gasteiger partial charge in [0.25, 0.3) is 0 Å². The van der Waals surface area contributed by atoms with Crippen LogP contribution in [0.25, 0.3) is 0 Å². The van der Waals surface area contributed by atoms with Crippen LogP contribution in [0.1, 0.15) is 76.3 Å². The zero-order chi connectivity index (χ0) is 38.9. The highest BCUT2D eigenvalue weighted by molar-refractivity contribution is 6.28. The molecule has 11 nitrogen and oxygen atoms in total. The van der Waals surface area contributed by atoms with E-state index in [4.69, 9.17) is 21.1 Å². The summed E-state index contributed by atoms with van der Waals surface area (Å²) >= 11 is 5.77. The molecule has 0 bridgehead atoms. The second kappa shape index (κ2) is 18.4. The third-order valence-corrected chi connectivity index (χ3v) is 9.57. The van der Waals surface area contributed by atoms with Crippen molar-refractivity contribution < 1.29 is 27.8 Å². The summed E-state index contributed by atoms with van der Waals surface area (Å²) in [6.45, 7) is 9.73. The van der Waals surface area contributed by atoms with E-state index in [9.17, 15) is 18.4 Å². The van der Waals surface area contributed by atoms with Gasteiger partial charge in [-0.05, 0) is 72.7 Å². The molecule has 54 heavy (non-hydrogen) atoms. The Morgan fingerprint density at radius 3 is 1.61 bits per heavy atom. The molecule has 0 amide bonds. The summed E-state index contributed by atoms with van der Waals surface area (Å²) in [7, 11) is 3.65. The van der Waals surface area contributed by atoms with Crippen molar-refractivity contribution in [3.8, 4) is 11.5 Å². The van der Waals surface area contributed by atoms with E-state index in [1.165, 1.54) is 6.20 Å². The summed E-state index contributed by atoms with van der Waals surface area (Å²) in [5.74, 6) is 2.40. The first-order valence-corrected chi connectivity index (χ1v) is 18.5. The number of aromatic nitrogens is 4. The van der Waals surface area contributed by atoms with Gasteiger partial charge in [-0.15, -0.1) is 0 Å². The van der Waals surface area contributed by atoms with Crippen molar-refractivity contribution >= 4 is 40.8 Å². The van der Waals surface area contributed by atoms with E-state index in [0.717, 1.165) is 41.7 Å². The minimum absolute atomic E-state index is 0.0287. The van der Waals surface area contributed by atoms with E-state index in [2.05, 4.69) is 19.9 Å². The fourth-order valence-corrected chi connectivity index (χ4v) is 6.74. The van der Waals surface area contributed by atoms with E-state index in [1.54, 1.807) is 18.7 Å². The van der Waals surface area contributed by atoms with Gasteiger partial charge in [-0.3, -0.25) is 0 Å². The Hall–Kier alpha value is -4.91. The quantitative estimate of drug-likeness (QED) is 0.127. The predicted octanol–water partition coefficient (Wildman–Crippen LogP) is 7.43. The molecule has 4 atom stereocenters. The summed E-state index contributed by atoms with van der Waals surface area (Å²) in [4.78, 5) is 43.9. The van der Waals surface area contributed by atoms with Gasteiger partial charge >= 0.3 is 0 Å². The molecule has 14 heteroatoms. The molecular weight excluding hydrogens is 716 g/mol. The second-order valence-corrected chi connectivity index (χ2v) is 14.6. The van der Waals surface area contributed by atoms with E-state index in [-0.39, 0.29) is 46.7 Å². The molecule has 0 N–H and O–H groups in total. The number of carbonyl (C=O) groups is 2. The topological polar surface area (TPSA) is 114 Å². The molecule has 0 saturated carbocycles. The number of ketones is 2. The smallest absolute Gasteiger partial charge is 0.226 e. The lowest BCUT2D eigenvalue weighted by atomic mass is 9.96. The molecule has 4 heterocycles. The second-order valence-electron chi connectivity index (χ2n) is 14.2. The molecule has 0 unspecified atom stereocenters. The molecule has 2 saturated heterocycles. The van der Waals surface area contributed by atoms with Crippen LogP contribution in [0.5, 0.6) is 11.5 Å². The lowest BCUT2D eigenvalue weighted by molar-refractivity contribution is -0.118. The van der Waals surface area contributed by atoms with Gasteiger partial charge < -0.3 is 33.8 Å². The Morgan fingerprint density at radius 2 is 1.19 bits per heavy atom. The van der Waals surface area contributed by atoms with Crippen LogP contribution < -0.4 is 24.2 Å². The van der Waals surface area contributed by atoms with Crippen LogP contribution in [0, 0.1) is 11.6 Å². The number of nitrogens with zero attached hydrogens (tertiary/aromatic N) is 7. The van der Waals surface area contributed by atoms with Crippen molar-refractivity contribution in [2.45, 2.75) is 77.4 Å². The number of benzene rings is 2. The SMILES string of the molecule is CC(=O)C[C@@H](C)c1ccc(O[C@@H]2CCN(c3nc(Cl)ncc3F)C2)cc1.CC(=O)C[C@@H](C)c1ccc(O[C@@H]2CCN(c3nc(N(C)C)ncc3F)C2)cc1. The van der Waals surface area contributed by atoms with E-state index >= 15 is 0 Å². The monoisotopic (exact) mass is 763 g/mol. The van der Waals surface area contributed by atoms with Crippen molar-refractivity contribution in [1.29, 1.82) is 0 Å². The highest BCUT2D eigenvalue weighted by Gasteiger charge is 2.29. The van der Waals surface area contributed by atoms with E-state index in [1.807, 2.05) is 86.3 Å². The molecule has 4 aromatic rings. The first-order chi connectivity index (χ1) is 25.7. The van der Waals surface area contributed by atoms with Crippen LogP contribution in [0.4, 0.5) is 26.4 Å². The maximum absolute atomic E-state index is 14.2. The third-order valence-electron chi connectivity index (χ3n) is 9.39. The van der Waals surface area contributed by atoms with Crippen LogP contribution in [-0.4, -0.2) is 84.0 Å². The lowest BCUT2D eigenvalue weighted by Gasteiger charge is -2.20. The minimum atomic E-state index is -0.487. The Bertz CT molecular complexity index is 1880. The van der Waals surface area contributed by atoms with Crippen LogP contribution in [0.3, 0.4) is 0 Å². The van der Waals surface area contributed by atoms with Gasteiger partial charge in [0.2, 0.25) is 11.2 Å². The van der Waals surface area contributed by atoms with Gasteiger partial charge in [0, 0.05) is 52.9 Å². The molecule has 0 radical (unpaired) electrons. The number of carbonyl (C=O) groups excluding carboxylic acids is 2. The maximum atomic E-state index is 14.2. The van der Waals surface area contributed by atoms with Crippen LogP contribution in [0.15, 0.2) is 60.9 Å². The van der Waals surface area contributed by atoms with Gasteiger partial charge in [-0.25, -0.2) is 18.7 Å². The van der Waals surface area contributed by atoms with Gasteiger partial charge in [0.1, 0.15) is 35.3 Å². The van der Waals surface area contributed by atoms with Gasteiger partial charge in [-0.1, -0.05) is 38.1 Å². The molecule has 0 spiro atoms. The molecule has 2 fully saturated rings. The minimum Gasteiger partial charge on any atom is -0.489 e. The predicted molar refractivity (Wildman–Crippen MR) is 206 cm³/mol. The van der Waals surface area contributed by atoms with Crippen LogP contribution in [-0.2, 0) is 9.59 Å². The summed E-state index contributed by atoms with van der Waals surface area (Å²) in [6.07, 6.45) is 4.85.